The lowest BCUT2D eigenvalue weighted by Gasteiger charge is -2.33. The summed E-state index contributed by atoms with van der Waals surface area (Å²) in [5.74, 6) is 0.952. The Kier molecular flexibility index (Phi) is 5.93. The minimum Gasteiger partial charge on any atom is -0.329 e. The average molecular weight is 253 g/mol. The van der Waals surface area contributed by atoms with Gasteiger partial charge in [0.2, 0.25) is 0 Å². The first kappa shape index (κ1) is 14.3. The lowest BCUT2D eigenvalue weighted by Crippen LogP contribution is -2.43. The van der Waals surface area contributed by atoms with E-state index < -0.39 is 0 Å². The van der Waals surface area contributed by atoms with Crippen molar-refractivity contribution in [1.29, 1.82) is 0 Å². The van der Waals surface area contributed by atoms with Crippen molar-refractivity contribution < 1.29 is 0 Å². The van der Waals surface area contributed by atoms with Crippen molar-refractivity contribution in [2.24, 2.45) is 11.7 Å². The van der Waals surface area contributed by atoms with E-state index in [2.05, 4.69) is 16.8 Å². The Hall–Kier alpha value is -0.120. The molecule has 1 aliphatic carbocycles. The highest BCUT2D eigenvalue weighted by atomic mass is 15.2. The van der Waals surface area contributed by atoms with Crippen LogP contribution in [0.1, 0.15) is 44.9 Å². The van der Waals surface area contributed by atoms with Crippen molar-refractivity contribution in [2.45, 2.75) is 51.0 Å². The molecule has 0 aromatic rings. The van der Waals surface area contributed by atoms with Gasteiger partial charge in [-0.1, -0.05) is 32.1 Å². The zero-order valence-electron chi connectivity index (χ0n) is 12.1. The molecule has 2 N–H and O–H groups in total. The van der Waals surface area contributed by atoms with Crippen LogP contribution in [-0.2, 0) is 0 Å². The number of nitrogens with two attached hydrogens (primary N) is 1. The molecule has 0 bridgehead atoms. The first-order chi connectivity index (χ1) is 8.79. The number of hydrogen-bond acceptors (Lipinski definition) is 3. The molecule has 3 heteroatoms. The van der Waals surface area contributed by atoms with Gasteiger partial charge in [-0.05, 0) is 38.9 Å². The van der Waals surface area contributed by atoms with Gasteiger partial charge in [0, 0.05) is 25.7 Å². The third-order valence-corrected chi connectivity index (χ3v) is 4.87. The molecule has 1 atom stereocenters. The Morgan fingerprint density at radius 3 is 2.50 bits per heavy atom. The van der Waals surface area contributed by atoms with Gasteiger partial charge in [-0.25, -0.2) is 0 Å². The molecular weight excluding hydrogens is 222 g/mol. The normalized spacial score (nSPS) is 27.0. The topological polar surface area (TPSA) is 32.5 Å². The van der Waals surface area contributed by atoms with Crippen molar-refractivity contribution in [3.63, 3.8) is 0 Å². The van der Waals surface area contributed by atoms with E-state index in [-0.39, 0.29) is 0 Å². The lowest BCUT2D eigenvalue weighted by atomic mass is 9.84. The molecule has 2 rings (SSSR count). The molecule has 1 heterocycles. The van der Waals surface area contributed by atoms with E-state index >= 15 is 0 Å². The predicted molar refractivity (Wildman–Crippen MR) is 77.7 cm³/mol. The van der Waals surface area contributed by atoms with Crippen LogP contribution in [0.25, 0.3) is 0 Å². The van der Waals surface area contributed by atoms with Crippen LogP contribution in [0.4, 0.5) is 0 Å². The van der Waals surface area contributed by atoms with Gasteiger partial charge < -0.3 is 10.6 Å². The van der Waals surface area contributed by atoms with Crippen LogP contribution in [0.15, 0.2) is 0 Å². The molecular formula is C15H31N3. The van der Waals surface area contributed by atoms with Gasteiger partial charge in [0.25, 0.3) is 0 Å². The molecule has 3 nitrogen and oxygen atoms in total. The second-order valence-corrected chi connectivity index (χ2v) is 6.32. The van der Waals surface area contributed by atoms with E-state index in [0.717, 1.165) is 12.5 Å². The Morgan fingerprint density at radius 2 is 1.78 bits per heavy atom. The van der Waals surface area contributed by atoms with Crippen LogP contribution in [0.2, 0.25) is 0 Å². The van der Waals surface area contributed by atoms with Crippen molar-refractivity contribution in [2.75, 3.05) is 39.8 Å². The number of hydrogen-bond donors (Lipinski definition) is 1. The minimum absolute atomic E-state index is 0.639. The van der Waals surface area contributed by atoms with Crippen LogP contribution in [0, 0.1) is 5.92 Å². The number of nitrogens with zero attached hydrogens (tertiary/aromatic N) is 2. The standard InChI is InChI=1S/C15H31N3/c1-17-8-5-9-18(11-10-17)15(13-16)12-14-6-3-2-4-7-14/h14-15H,2-13,16H2,1H3. The van der Waals surface area contributed by atoms with Gasteiger partial charge in [-0.2, -0.15) is 0 Å². The molecule has 2 fully saturated rings. The molecule has 0 aromatic heterocycles. The second kappa shape index (κ2) is 7.46. The fourth-order valence-corrected chi connectivity index (χ4v) is 3.63. The van der Waals surface area contributed by atoms with Gasteiger partial charge in [0.05, 0.1) is 0 Å². The highest BCUT2D eigenvalue weighted by Gasteiger charge is 2.24. The molecule has 1 saturated heterocycles. The molecule has 0 spiro atoms. The predicted octanol–water partition coefficient (Wildman–Crippen LogP) is 1.92. The first-order valence-corrected chi connectivity index (χ1v) is 7.92. The lowest BCUT2D eigenvalue weighted by molar-refractivity contribution is 0.164. The molecule has 1 unspecified atom stereocenters. The van der Waals surface area contributed by atoms with Gasteiger partial charge in [0.15, 0.2) is 0 Å². The number of likely N-dealkylation sites (N-methyl/N-ethyl adjacent to an activating group) is 1. The zero-order chi connectivity index (χ0) is 12.8. The maximum absolute atomic E-state index is 6.05. The minimum atomic E-state index is 0.639. The molecule has 0 radical (unpaired) electrons. The second-order valence-electron chi connectivity index (χ2n) is 6.32. The van der Waals surface area contributed by atoms with Crippen LogP contribution >= 0.6 is 0 Å². The largest absolute Gasteiger partial charge is 0.329 e. The van der Waals surface area contributed by atoms with Crippen LogP contribution in [-0.4, -0.2) is 55.6 Å². The van der Waals surface area contributed by atoms with E-state index in [1.165, 1.54) is 71.1 Å². The maximum atomic E-state index is 6.05. The Labute approximate surface area is 113 Å². The van der Waals surface area contributed by atoms with Crippen LogP contribution in [0.5, 0.6) is 0 Å². The average Bonchev–Trinajstić information content (AvgIpc) is 2.62. The summed E-state index contributed by atoms with van der Waals surface area (Å²) in [5.41, 5.74) is 6.05. The SMILES string of the molecule is CN1CCCN(C(CN)CC2CCCCC2)CC1. The van der Waals surface area contributed by atoms with Crippen molar-refractivity contribution in [1.82, 2.24) is 9.80 Å². The molecule has 0 aromatic carbocycles. The molecule has 1 saturated carbocycles. The Morgan fingerprint density at radius 1 is 1.00 bits per heavy atom. The molecule has 1 aliphatic heterocycles. The molecule has 106 valence electrons. The first-order valence-electron chi connectivity index (χ1n) is 7.92. The van der Waals surface area contributed by atoms with Crippen molar-refractivity contribution in [3.8, 4) is 0 Å². The van der Waals surface area contributed by atoms with E-state index in [9.17, 15) is 0 Å². The van der Waals surface area contributed by atoms with E-state index in [0.29, 0.717) is 6.04 Å². The van der Waals surface area contributed by atoms with Crippen LogP contribution in [0.3, 0.4) is 0 Å². The fraction of sp³-hybridized carbons (Fsp3) is 1.00. The summed E-state index contributed by atoms with van der Waals surface area (Å²) in [4.78, 5) is 5.12. The maximum Gasteiger partial charge on any atom is 0.0221 e. The zero-order valence-corrected chi connectivity index (χ0v) is 12.1. The van der Waals surface area contributed by atoms with E-state index in [1.807, 2.05) is 0 Å². The quantitative estimate of drug-likeness (QED) is 0.831. The van der Waals surface area contributed by atoms with Gasteiger partial charge in [0.1, 0.15) is 0 Å². The summed E-state index contributed by atoms with van der Waals surface area (Å²) in [7, 11) is 2.24. The molecule has 18 heavy (non-hydrogen) atoms. The van der Waals surface area contributed by atoms with Crippen LogP contribution < -0.4 is 5.73 Å². The van der Waals surface area contributed by atoms with Gasteiger partial charge >= 0.3 is 0 Å². The summed E-state index contributed by atoms with van der Waals surface area (Å²) in [6.45, 7) is 5.77. The highest BCUT2D eigenvalue weighted by molar-refractivity contribution is 4.80. The summed E-state index contributed by atoms with van der Waals surface area (Å²) in [5, 5.41) is 0. The van der Waals surface area contributed by atoms with E-state index in [1.54, 1.807) is 0 Å². The molecule has 0 amide bonds. The summed E-state index contributed by atoms with van der Waals surface area (Å²) < 4.78 is 0. The fourth-order valence-electron chi connectivity index (χ4n) is 3.63. The third kappa shape index (κ3) is 4.22. The Bertz CT molecular complexity index is 226. The summed E-state index contributed by atoms with van der Waals surface area (Å²) in [6.07, 6.45) is 9.90. The summed E-state index contributed by atoms with van der Waals surface area (Å²) >= 11 is 0. The van der Waals surface area contributed by atoms with Gasteiger partial charge in [-0.3, -0.25) is 4.90 Å². The molecule has 2 aliphatic rings. The van der Waals surface area contributed by atoms with Gasteiger partial charge in [-0.15, -0.1) is 0 Å². The number of rotatable bonds is 4. The third-order valence-electron chi connectivity index (χ3n) is 4.87. The smallest absolute Gasteiger partial charge is 0.0221 e. The Balaban J connectivity index is 1.82. The van der Waals surface area contributed by atoms with Crippen molar-refractivity contribution in [3.05, 3.63) is 0 Å². The van der Waals surface area contributed by atoms with E-state index in [4.69, 9.17) is 5.73 Å². The highest BCUT2D eigenvalue weighted by Crippen LogP contribution is 2.28. The summed E-state index contributed by atoms with van der Waals surface area (Å²) in [6, 6.07) is 0.639. The van der Waals surface area contributed by atoms with Crippen molar-refractivity contribution >= 4 is 0 Å². The monoisotopic (exact) mass is 253 g/mol.